The van der Waals surface area contributed by atoms with E-state index in [2.05, 4.69) is 5.10 Å². The molecule has 0 saturated carbocycles. The van der Waals surface area contributed by atoms with Gasteiger partial charge in [-0.25, -0.2) is 9.48 Å². The lowest BCUT2D eigenvalue weighted by atomic mass is 10.3. The minimum absolute atomic E-state index is 0.194. The fourth-order valence-electron chi connectivity index (χ4n) is 2.17. The summed E-state index contributed by atoms with van der Waals surface area (Å²) in [6.07, 6.45) is 0. The molecule has 0 aliphatic rings. The number of Topliss-reactive ketones (excluding diaryl/α,β-unsaturated/α-hetero) is 1. The SMILES string of the molecule is CC(=O)COC(=O)c1cc2c(C)nn(-c3cccc(Cl)c3)c2s1. The van der Waals surface area contributed by atoms with Gasteiger partial charge in [0, 0.05) is 10.4 Å². The summed E-state index contributed by atoms with van der Waals surface area (Å²) in [6, 6.07) is 9.08. The molecular weight excluding hydrogens is 336 g/mol. The summed E-state index contributed by atoms with van der Waals surface area (Å²) in [5.74, 6) is -0.695. The van der Waals surface area contributed by atoms with Crippen LogP contribution in [-0.2, 0) is 9.53 Å². The van der Waals surface area contributed by atoms with Crippen LogP contribution in [-0.4, -0.2) is 28.1 Å². The largest absolute Gasteiger partial charge is 0.454 e. The summed E-state index contributed by atoms with van der Waals surface area (Å²) in [4.78, 5) is 24.2. The van der Waals surface area contributed by atoms with Crippen molar-refractivity contribution in [3.63, 3.8) is 0 Å². The number of ether oxygens (including phenoxy) is 1. The molecule has 0 radical (unpaired) electrons. The van der Waals surface area contributed by atoms with E-state index < -0.39 is 5.97 Å². The van der Waals surface area contributed by atoms with Crippen LogP contribution in [0.15, 0.2) is 30.3 Å². The maximum absolute atomic E-state index is 12.0. The van der Waals surface area contributed by atoms with Gasteiger partial charge in [0.15, 0.2) is 5.78 Å². The number of carbonyl (C=O) groups is 2. The van der Waals surface area contributed by atoms with E-state index in [0.717, 1.165) is 21.6 Å². The molecule has 0 atom stereocenters. The van der Waals surface area contributed by atoms with Crippen molar-refractivity contribution < 1.29 is 14.3 Å². The van der Waals surface area contributed by atoms with Crippen LogP contribution in [0.4, 0.5) is 0 Å². The Labute approximate surface area is 141 Å². The molecule has 2 heterocycles. The number of nitrogens with zero attached hydrogens (tertiary/aromatic N) is 2. The number of halogens is 1. The number of benzene rings is 1. The maximum Gasteiger partial charge on any atom is 0.348 e. The van der Waals surface area contributed by atoms with Crippen molar-refractivity contribution in [3.8, 4) is 5.69 Å². The van der Waals surface area contributed by atoms with Crippen LogP contribution in [0.5, 0.6) is 0 Å². The average molecular weight is 349 g/mol. The normalized spacial score (nSPS) is 10.9. The van der Waals surface area contributed by atoms with E-state index in [1.54, 1.807) is 22.9 Å². The van der Waals surface area contributed by atoms with Crippen molar-refractivity contribution in [3.05, 3.63) is 45.9 Å². The number of esters is 1. The number of thiophene rings is 1. The predicted octanol–water partition coefficient (Wildman–Crippen LogP) is 3.79. The summed E-state index contributed by atoms with van der Waals surface area (Å²) in [7, 11) is 0. The quantitative estimate of drug-likeness (QED) is 0.673. The molecule has 0 fully saturated rings. The molecule has 118 valence electrons. The first kappa shape index (κ1) is 15.7. The molecular formula is C16H13ClN2O3S. The van der Waals surface area contributed by atoms with Crippen LogP contribution in [0.2, 0.25) is 5.02 Å². The zero-order valence-electron chi connectivity index (χ0n) is 12.5. The van der Waals surface area contributed by atoms with Gasteiger partial charge in [-0.1, -0.05) is 17.7 Å². The molecule has 23 heavy (non-hydrogen) atoms. The van der Waals surface area contributed by atoms with E-state index in [4.69, 9.17) is 16.3 Å². The average Bonchev–Trinajstić information content (AvgIpc) is 3.06. The minimum atomic E-state index is -0.501. The standard InChI is InChI=1S/C16H13ClN2O3S/c1-9(20)8-22-16(21)14-7-13-10(2)18-19(15(13)23-14)12-5-3-4-11(17)6-12/h3-7H,8H2,1-2H3. The highest BCUT2D eigenvalue weighted by Gasteiger charge is 2.18. The van der Waals surface area contributed by atoms with Crippen molar-refractivity contribution in [1.82, 2.24) is 9.78 Å². The van der Waals surface area contributed by atoms with Crippen molar-refractivity contribution in [2.24, 2.45) is 0 Å². The molecule has 3 rings (SSSR count). The first-order valence-corrected chi connectivity index (χ1v) is 8.07. The zero-order valence-corrected chi connectivity index (χ0v) is 14.1. The van der Waals surface area contributed by atoms with Gasteiger partial charge in [0.1, 0.15) is 16.3 Å². The van der Waals surface area contributed by atoms with Crippen molar-refractivity contribution in [1.29, 1.82) is 0 Å². The lowest BCUT2D eigenvalue weighted by Crippen LogP contribution is -2.10. The number of hydrogen-bond acceptors (Lipinski definition) is 5. The topological polar surface area (TPSA) is 61.2 Å². The highest BCUT2D eigenvalue weighted by atomic mass is 35.5. The van der Waals surface area contributed by atoms with Gasteiger partial charge in [0.2, 0.25) is 0 Å². The van der Waals surface area contributed by atoms with Gasteiger partial charge < -0.3 is 4.74 Å². The molecule has 5 nitrogen and oxygen atoms in total. The molecule has 0 unspecified atom stereocenters. The minimum Gasteiger partial charge on any atom is -0.454 e. The summed E-state index contributed by atoms with van der Waals surface area (Å²) in [5.41, 5.74) is 1.63. The lowest BCUT2D eigenvalue weighted by Gasteiger charge is -2.02. The highest BCUT2D eigenvalue weighted by Crippen LogP contribution is 2.31. The second-order valence-electron chi connectivity index (χ2n) is 5.08. The summed E-state index contributed by atoms with van der Waals surface area (Å²) >= 11 is 7.31. The highest BCUT2D eigenvalue weighted by molar-refractivity contribution is 7.20. The van der Waals surface area contributed by atoms with Crippen molar-refractivity contribution in [2.45, 2.75) is 13.8 Å². The van der Waals surface area contributed by atoms with Gasteiger partial charge in [0.25, 0.3) is 0 Å². The number of fused-ring (bicyclic) bond motifs is 1. The predicted molar refractivity (Wildman–Crippen MR) is 89.7 cm³/mol. The monoisotopic (exact) mass is 348 g/mol. The van der Waals surface area contributed by atoms with Crippen LogP contribution in [0.3, 0.4) is 0 Å². The molecule has 0 aliphatic carbocycles. The van der Waals surface area contributed by atoms with Gasteiger partial charge in [0.05, 0.1) is 11.4 Å². The second-order valence-corrected chi connectivity index (χ2v) is 6.55. The van der Waals surface area contributed by atoms with E-state index in [0.29, 0.717) is 9.90 Å². The molecule has 0 bridgehead atoms. The number of aryl methyl sites for hydroxylation is 1. The molecule has 0 saturated heterocycles. The van der Waals surface area contributed by atoms with Crippen LogP contribution in [0.25, 0.3) is 15.9 Å². The van der Waals surface area contributed by atoms with Gasteiger partial charge in [-0.2, -0.15) is 5.10 Å². The summed E-state index contributed by atoms with van der Waals surface area (Å²) in [6.45, 7) is 3.03. The Morgan fingerprint density at radius 2 is 2.13 bits per heavy atom. The number of ketones is 1. The third-order valence-corrected chi connectivity index (χ3v) is 4.53. The number of carbonyl (C=O) groups excluding carboxylic acids is 2. The summed E-state index contributed by atoms with van der Waals surface area (Å²) < 4.78 is 6.72. The Balaban J connectivity index is 2.02. The Bertz CT molecular complexity index is 913. The van der Waals surface area contributed by atoms with Gasteiger partial charge >= 0.3 is 5.97 Å². The lowest BCUT2D eigenvalue weighted by molar-refractivity contribution is -0.120. The Hall–Kier alpha value is -2.18. The first-order valence-electron chi connectivity index (χ1n) is 6.87. The molecule has 0 amide bonds. The molecule has 3 aromatic rings. The molecule has 1 aromatic carbocycles. The van der Waals surface area contributed by atoms with E-state index in [-0.39, 0.29) is 12.4 Å². The number of aromatic nitrogens is 2. The van der Waals surface area contributed by atoms with Gasteiger partial charge in [-0.15, -0.1) is 11.3 Å². The van der Waals surface area contributed by atoms with Crippen LogP contribution >= 0.6 is 22.9 Å². The van der Waals surface area contributed by atoms with Crippen LogP contribution < -0.4 is 0 Å². The number of rotatable bonds is 4. The van der Waals surface area contributed by atoms with E-state index in [1.165, 1.54) is 18.3 Å². The third kappa shape index (κ3) is 3.13. The first-order chi connectivity index (χ1) is 11.0. The molecule has 7 heteroatoms. The van der Waals surface area contributed by atoms with Gasteiger partial charge in [-0.05, 0) is 38.1 Å². The molecule has 0 aliphatic heterocycles. The molecule has 2 aromatic heterocycles. The Morgan fingerprint density at radius 3 is 2.83 bits per heavy atom. The van der Waals surface area contributed by atoms with Gasteiger partial charge in [-0.3, -0.25) is 4.79 Å². The van der Waals surface area contributed by atoms with Crippen molar-refractivity contribution >= 4 is 44.9 Å². The molecule has 0 spiro atoms. The van der Waals surface area contributed by atoms with Crippen LogP contribution in [0.1, 0.15) is 22.3 Å². The number of hydrogen-bond donors (Lipinski definition) is 0. The Morgan fingerprint density at radius 1 is 1.35 bits per heavy atom. The Kier molecular flexibility index (Phi) is 4.19. The van der Waals surface area contributed by atoms with E-state index >= 15 is 0 Å². The third-order valence-electron chi connectivity index (χ3n) is 3.21. The second kappa shape index (κ2) is 6.14. The smallest absolute Gasteiger partial charge is 0.348 e. The molecule has 0 N–H and O–H groups in total. The maximum atomic E-state index is 12.0. The summed E-state index contributed by atoms with van der Waals surface area (Å²) in [5, 5.41) is 5.99. The van der Waals surface area contributed by atoms with Crippen molar-refractivity contribution in [2.75, 3.05) is 6.61 Å². The fourth-order valence-corrected chi connectivity index (χ4v) is 3.43. The fraction of sp³-hybridized carbons (Fsp3) is 0.188. The van der Waals surface area contributed by atoms with E-state index in [1.807, 2.05) is 19.1 Å². The zero-order chi connectivity index (χ0) is 16.6. The van der Waals surface area contributed by atoms with Crippen LogP contribution in [0, 0.1) is 6.92 Å². The van der Waals surface area contributed by atoms with E-state index in [9.17, 15) is 9.59 Å².